The van der Waals surface area contributed by atoms with Gasteiger partial charge in [-0.1, -0.05) is 18.9 Å². The van der Waals surface area contributed by atoms with Crippen LogP contribution < -0.4 is 15.5 Å². The summed E-state index contributed by atoms with van der Waals surface area (Å²) in [5.74, 6) is 1.07. The van der Waals surface area contributed by atoms with Crippen LogP contribution in [0.2, 0.25) is 0 Å². The van der Waals surface area contributed by atoms with Crippen LogP contribution in [0.1, 0.15) is 32.1 Å². The zero-order chi connectivity index (χ0) is 18.1. The SMILES string of the molecule is O=C(Nc1cccc(N2CCS(=O)(=O)CC2)c1)C1CC2CCCCC2N1. The Morgan fingerprint density at radius 2 is 1.92 bits per heavy atom. The molecule has 1 aromatic rings. The van der Waals surface area contributed by atoms with Crippen molar-refractivity contribution in [2.24, 2.45) is 5.92 Å². The third-order valence-corrected chi connectivity index (χ3v) is 7.61. The first kappa shape index (κ1) is 17.8. The molecule has 26 heavy (non-hydrogen) atoms. The average molecular weight is 378 g/mol. The minimum atomic E-state index is -2.89. The van der Waals surface area contributed by atoms with E-state index in [0.717, 1.165) is 17.8 Å². The molecule has 0 aromatic heterocycles. The second-order valence-corrected chi connectivity index (χ2v) is 10.1. The minimum Gasteiger partial charge on any atom is -0.369 e. The largest absolute Gasteiger partial charge is 0.369 e. The fraction of sp³-hybridized carbons (Fsp3) is 0.632. The van der Waals surface area contributed by atoms with Crippen LogP contribution in [0, 0.1) is 5.92 Å². The molecular formula is C19H27N3O3S. The zero-order valence-corrected chi connectivity index (χ0v) is 15.8. The van der Waals surface area contributed by atoms with Gasteiger partial charge in [0.25, 0.3) is 0 Å². The molecule has 2 N–H and O–H groups in total. The first-order chi connectivity index (χ1) is 12.5. The highest BCUT2D eigenvalue weighted by Gasteiger charge is 2.38. The molecule has 3 fully saturated rings. The second kappa shape index (κ2) is 7.19. The Labute approximate surface area is 155 Å². The molecule has 7 heteroatoms. The monoisotopic (exact) mass is 377 g/mol. The number of amides is 1. The van der Waals surface area contributed by atoms with Crippen molar-refractivity contribution in [1.29, 1.82) is 0 Å². The highest BCUT2D eigenvalue weighted by molar-refractivity contribution is 7.91. The third kappa shape index (κ3) is 3.88. The van der Waals surface area contributed by atoms with Crippen LogP contribution in [0.15, 0.2) is 24.3 Å². The molecule has 0 radical (unpaired) electrons. The number of anilines is 2. The molecule has 142 valence electrons. The van der Waals surface area contributed by atoms with Crippen LogP contribution in [-0.4, -0.2) is 51.0 Å². The molecule has 2 heterocycles. The Balaban J connectivity index is 1.39. The summed E-state index contributed by atoms with van der Waals surface area (Å²) in [6.45, 7) is 1.01. The van der Waals surface area contributed by atoms with Crippen molar-refractivity contribution in [1.82, 2.24) is 5.32 Å². The van der Waals surface area contributed by atoms with Gasteiger partial charge >= 0.3 is 0 Å². The molecule has 0 bridgehead atoms. The lowest BCUT2D eigenvalue weighted by Crippen LogP contribution is -2.40. The summed E-state index contributed by atoms with van der Waals surface area (Å²) >= 11 is 0. The third-order valence-electron chi connectivity index (χ3n) is 6.00. The van der Waals surface area contributed by atoms with Crippen molar-refractivity contribution in [3.05, 3.63) is 24.3 Å². The lowest BCUT2D eigenvalue weighted by atomic mass is 9.85. The van der Waals surface area contributed by atoms with E-state index in [9.17, 15) is 13.2 Å². The number of rotatable bonds is 3. The van der Waals surface area contributed by atoms with Crippen LogP contribution in [0.25, 0.3) is 0 Å². The van der Waals surface area contributed by atoms with Crippen molar-refractivity contribution >= 4 is 27.1 Å². The Hall–Kier alpha value is -1.60. The van der Waals surface area contributed by atoms with E-state index in [2.05, 4.69) is 15.5 Å². The number of hydrogen-bond donors (Lipinski definition) is 2. The number of benzene rings is 1. The van der Waals surface area contributed by atoms with Crippen molar-refractivity contribution in [3.63, 3.8) is 0 Å². The number of fused-ring (bicyclic) bond motifs is 1. The van der Waals surface area contributed by atoms with Gasteiger partial charge in [-0.2, -0.15) is 0 Å². The molecule has 1 aromatic carbocycles. The molecule has 4 rings (SSSR count). The first-order valence-electron chi connectivity index (χ1n) is 9.62. The van der Waals surface area contributed by atoms with Crippen molar-refractivity contribution in [2.75, 3.05) is 34.8 Å². The van der Waals surface area contributed by atoms with Crippen molar-refractivity contribution < 1.29 is 13.2 Å². The topological polar surface area (TPSA) is 78.5 Å². The van der Waals surface area contributed by atoms with Gasteiger partial charge in [-0.25, -0.2) is 8.42 Å². The summed E-state index contributed by atoms with van der Waals surface area (Å²) in [5.41, 5.74) is 1.74. The quantitative estimate of drug-likeness (QED) is 0.840. The maximum Gasteiger partial charge on any atom is 0.241 e. The van der Waals surface area contributed by atoms with Crippen LogP contribution >= 0.6 is 0 Å². The van der Waals surface area contributed by atoms with E-state index in [4.69, 9.17) is 0 Å². The van der Waals surface area contributed by atoms with E-state index in [1.165, 1.54) is 25.7 Å². The minimum absolute atomic E-state index is 0.0396. The highest BCUT2D eigenvalue weighted by atomic mass is 32.2. The van der Waals surface area contributed by atoms with Crippen LogP contribution in [0.5, 0.6) is 0 Å². The lowest BCUT2D eigenvalue weighted by molar-refractivity contribution is -0.117. The fourth-order valence-corrected chi connectivity index (χ4v) is 5.70. The van der Waals surface area contributed by atoms with Crippen LogP contribution in [0.4, 0.5) is 11.4 Å². The van der Waals surface area contributed by atoms with Gasteiger partial charge in [-0.15, -0.1) is 0 Å². The number of hydrogen-bond acceptors (Lipinski definition) is 5. The van der Waals surface area contributed by atoms with Gasteiger partial charge in [0.1, 0.15) is 0 Å². The maximum absolute atomic E-state index is 12.7. The Kier molecular flexibility index (Phi) is 4.92. The molecular weight excluding hydrogens is 350 g/mol. The van der Waals surface area contributed by atoms with E-state index in [1.54, 1.807) is 0 Å². The Morgan fingerprint density at radius 3 is 2.69 bits per heavy atom. The molecule has 3 atom stereocenters. The number of carbonyl (C=O) groups is 1. The second-order valence-electron chi connectivity index (χ2n) is 7.78. The van der Waals surface area contributed by atoms with Gasteiger partial charge in [-0.3, -0.25) is 4.79 Å². The zero-order valence-electron chi connectivity index (χ0n) is 15.0. The van der Waals surface area contributed by atoms with Crippen LogP contribution in [0.3, 0.4) is 0 Å². The molecule has 3 aliphatic rings. The van der Waals surface area contributed by atoms with E-state index in [0.29, 0.717) is 25.0 Å². The number of nitrogens with zero attached hydrogens (tertiary/aromatic N) is 1. The summed E-state index contributed by atoms with van der Waals surface area (Å²) in [4.78, 5) is 14.7. The number of sulfone groups is 1. The van der Waals surface area contributed by atoms with E-state index in [1.807, 2.05) is 24.3 Å². The van der Waals surface area contributed by atoms with Gasteiger partial charge in [0.2, 0.25) is 5.91 Å². The Bertz CT molecular complexity index is 752. The maximum atomic E-state index is 12.7. The average Bonchev–Trinajstić information content (AvgIpc) is 3.06. The summed E-state index contributed by atoms with van der Waals surface area (Å²) < 4.78 is 23.2. The normalized spacial score (nSPS) is 30.6. The van der Waals surface area contributed by atoms with Crippen molar-refractivity contribution in [3.8, 4) is 0 Å². The van der Waals surface area contributed by atoms with Crippen LogP contribution in [-0.2, 0) is 14.6 Å². The molecule has 2 saturated heterocycles. The highest BCUT2D eigenvalue weighted by Crippen LogP contribution is 2.33. The number of carbonyl (C=O) groups excluding carboxylic acids is 1. The van der Waals surface area contributed by atoms with Gasteiger partial charge in [0.05, 0.1) is 17.5 Å². The van der Waals surface area contributed by atoms with E-state index < -0.39 is 9.84 Å². The van der Waals surface area contributed by atoms with E-state index >= 15 is 0 Å². The predicted octanol–water partition coefficient (Wildman–Crippen LogP) is 1.78. The molecule has 3 unspecified atom stereocenters. The predicted molar refractivity (Wildman–Crippen MR) is 103 cm³/mol. The molecule has 1 amide bonds. The van der Waals surface area contributed by atoms with E-state index in [-0.39, 0.29) is 23.5 Å². The fourth-order valence-electron chi connectivity index (χ4n) is 4.50. The summed E-state index contributed by atoms with van der Waals surface area (Å²) in [6.07, 6.45) is 5.89. The van der Waals surface area contributed by atoms with Gasteiger partial charge in [-0.05, 0) is 43.4 Å². The van der Waals surface area contributed by atoms with Gasteiger partial charge in [0, 0.05) is 30.5 Å². The molecule has 0 spiro atoms. The summed E-state index contributed by atoms with van der Waals surface area (Å²) in [7, 11) is -2.89. The molecule has 6 nitrogen and oxygen atoms in total. The standard InChI is InChI=1S/C19H27N3O3S/c23-19(18-12-14-4-1-2-7-17(14)21-18)20-15-5-3-6-16(13-15)22-8-10-26(24,25)11-9-22/h3,5-6,13-14,17-18,21H,1-2,4,7-12H2,(H,20,23). The lowest BCUT2D eigenvalue weighted by Gasteiger charge is -2.29. The van der Waals surface area contributed by atoms with Crippen molar-refractivity contribution in [2.45, 2.75) is 44.2 Å². The van der Waals surface area contributed by atoms with Gasteiger partial charge < -0.3 is 15.5 Å². The summed E-state index contributed by atoms with van der Waals surface area (Å²) in [5, 5.41) is 6.55. The molecule has 1 aliphatic carbocycles. The molecule has 1 saturated carbocycles. The molecule has 2 aliphatic heterocycles. The summed E-state index contributed by atoms with van der Waals surface area (Å²) in [6, 6.07) is 8.11. The first-order valence-corrected chi connectivity index (χ1v) is 11.4. The smallest absolute Gasteiger partial charge is 0.241 e. The van der Waals surface area contributed by atoms with Gasteiger partial charge in [0.15, 0.2) is 9.84 Å². The Morgan fingerprint density at radius 1 is 1.15 bits per heavy atom. The number of nitrogens with one attached hydrogen (secondary N) is 2.